The van der Waals surface area contributed by atoms with Gasteiger partial charge in [-0.15, -0.1) is 0 Å². The van der Waals surface area contributed by atoms with E-state index < -0.39 is 0 Å². The second-order valence-electron chi connectivity index (χ2n) is 7.24. The van der Waals surface area contributed by atoms with E-state index in [0.29, 0.717) is 18.0 Å². The zero-order valence-electron chi connectivity index (χ0n) is 16.5. The summed E-state index contributed by atoms with van der Waals surface area (Å²) in [5.74, 6) is 1.72. The van der Waals surface area contributed by atoms with Crippen molar-refractivity contribution in [1.29, 1.82) is 5.41 Å². The van der Waals surface area contributed by atoms with Crippen molar-refractivity contribution in [3.05, 3.63) is 89.2 Å². The molecule has 0 bridgehead atoms. The highest BCUT2D eigenvalue weighted by Crippen LogP contribution is 2.48. The lowest BCUT2D eigenvalue weighted by Crippen LogP contribution is -2.30. The predicted molar refractivity (Wildman–Crippen MR) is 113 cm³/mol. The van der Waals surface area contributed by atoms with Crippen molar-refractivity contribution in [2.24, 2.45) is 0 Å². The summed E-state index contributed by atoms with van der Waals surface area (Å²) in [7, 11) is 1.64. The van der Waals surface area contributed by atoms with E-state index in [1.54, 1.807) is 18.0 Å². The maximum atomic E-state index is 9.41. The first-order chi connectivity index (χ1) is 14.7. The molecule has 1 aliphatic heterocycles. The van der Waals surface area contributed by atoms with Gasteiger partial charge in [-0.2, -0.15) is 0 Å². The third-order valence-electron chi connectivity index (χ3n) is 5.59. The van der Waals surface area contributed by atoms with E-state index in [-0.39, 0.29) is 18.0 Å². The Bertz CT molecular complexity index is 1300. The Morgan fingerprint density at radius 2 is 1.87 bits per heavy atom. The molecule has 1 aromatic heterocycles. The summed E-state index contributed by atoms with van der Waals surface area (Å²) in [5, 5.41) is 20.4. The molecule has 0 spiro atoms. The lowest BCUT2D eigenvalue weighted by Gasteiger charge is -2.29. The van der Waals surface area contributed by atoms with Crippen molar-refractivity contribution in [3.8, 4) is 17.4 Å². The number of nitrogens with zero attached hydrogens (tertiary/aromatic N) is 2. The monoisotopic (exact) mass is 399 g/mol. The number of nitrogens with one attached hydrogen (secondary N) is 1. The van der Waals surface area contributed by atoms with Gasteiger partial charge in [0.05, 0.1) is 19.3 Å². The second-order valence-corrected chi connectivity index (χ2v) is 7.24. The minimum absolute atomic E-state index is 0.0649. The molecule has 0 aliphatic carbocycles. The Labute approximate surface area is 173 Å². The van der Waals surface area contributed by atoms with Crippen LogP contribution in [0, 0.1) is 5.41 Å². The van der Waals surface area contributed by atoms with Gasteiger partial charge in [-0.25, -0.2) is 4.98 Å². The van der Waals surface area contributed by atoms with Crippen molar-refractivity contribution in [2.75, 3.05) is 13.7 Å². The van der Waals surface area contributed by atoms with Crippen molar-refractivity contribution in [3.63, 3.8) is 0 Å². The summed E-state index contributed by atoms with van der Waals surface area (Å²) >= 11 is 0. The normalized spacial score (nSPS) is 14.7. The highest BCUT2D eigenvalue weighted by atomic mass is 16.5. The number of ether oxygens (including phenoxy) is 2. The van der Waals surface area contributed by atoms with Crippen LogP contribution in [-0.2, 0) is 6.54 Å². The van der Waals surface area contributed by atoms with Gasteiger partial charge in [0, 0.05) is 18.0 Å². The van der Waals surface area contributed by atoms with Crippen LogP contribution in [0.2, 0.25) is 0 Å². The van der Waals surface area contributed by atoms with Gasteiger partial charge in [0.15, 0.2) is 0 Å². The van der Waals surface area contributed by atoms with Gasteiger partial charge < -0.3 is 19.1 Å². The molecule has 2 heterocycles. The zero-order valence-corrected chi connectivity index (χ0v) is 16.5. The molecule has 2 N–H and O–H groups in total. The summed E-state index contributed by atoms with van der Waals surface area (Å²) in [6, 6.07) is 20.1. The number of fused-ring (bicyclic) bond motifs is 4. The number of methoxy groups -OCH3 is 1. The number of aliphatic hydroxyl groups excluding tert-OH is 1. The Hall–Kier alpha value is -3.64. The number of hydrogen-bond donors (Lipinski definition) is 2. The number of aliphatic hydroxyl groups is 1. The van der Waals surface area contributed by atoms with Gasteiger partial charge in [0.1, 0.15) is 23.3 Å². The Balaban J connectivity index is 1.83. The van der Waals surface area contributed by atoms with E-state index in [1.165, 1.54) is 0 Å². The summed E-state index contributed by atoms with van der Waals surface area (Å²) in [6.07, 6.45) is 1.55. The van der Waals surface area contributed by atoms with Gasteiger partial charge in [0.25, 0.3) is 0 Å². The zero-order chi connectivity index (χ0) is 20.7. The molecule has 0 amide bonds. The van der Waals surface area contributed by atoms with Crippen LogP contribution in [0.5, 0.6) is 17.4 Å². The molecule has 30 heavy (non-hydrogen) atoms. The highest BCUT2D eigenvalue weighted by Gasteiger charge is 2.33. The van der Waals surface area contributed by atoms with Crippen molar-refractivity contribution >= 4 is 10.8 Å². The molecule has 1 aliphatic rings. The standard InChI is InChI=1S/C24H21N3O3/c1-29-17-9-6-16(7-10-17)20-21-18-5-3-2-4-15(18)8-11-19(21)30-24-22(20)23(25)27(12-13-28)14-26-24/h2-11,14,20,25,28H,12-13H2,1H3/t20-/m0/s1. The Kier molecular flexibility index (Phi) is 4.48. The van der Waals surface area contributed by atoms with Crippen LogP contribution in [0.1, 0.15) is 22.6 Å². The smallest absolute Gasteiger partial charge is 0.228 e. The molecular formula is C24H21N3O3. The number of benzene rings is 3. The first-order valence-electron chi connectivity index (χ1n) is 9.79. The average Bonchev–Trinajstić information content (AvgIpc) is 2.79. The molecule has 3 aromatic carbocycles. The number of rotatable bonds is 4. The largest absolute Gasteiger partial charge is 0.497 e. The van der Waals surface area contributed by atoms with E-state index in [1.807, 2.05) is 48.5 Å². The quantitative estimate of drug-likeness (QED) is 0.482. The van der Waals surface area contributed by atoms with Crippen LogP contribution in [0.4, 0.5) is 0 Å². The predicted octanol–water partition coefficient (Wildman–Crippen LogP) is 3.80. The third kappa shape index (κ3) is 2.84. The van der Waals surface area contributed by atoms with Crippen molar-refractivity contribution < 1.29 is 14.6 Å². The van der Waals surface area contributed by atoms with Crippen LogP contribution < -0.4 is 15.0 Å². The third-order valence-corrected chi connectivity index (χ3v) is 5.59. The molecule has 0 unspecified atom stereocenters. The molecule has 4 aromatic rings. The van der Waals surface area contributed by atoms with E-state index in [4.69, 9.17) is 14.9 Å². The first kappa shape index (κ1) is 18.4. The average molecular weight is 399 g/mol. The molecule has 0 radical (unpaired) electrons. The van der Waals surface area contributed by atoms with E-state index in [0.717, 1.165) is 33.4 Å². The van der Waals surface area contributed by atoms with Gasteiger partial charge >= 0.3 is 0 Å². The fourth-order valence-corrected chi connectivity index (χ4v) is 4.16. The molecule has 5 rings (SSSR count). The summed E-state index contributed by atoms with van der Waals surface area (Å²) < 4.78 is 13.1. The highest BCUT2D eigenvalue weighted by molar-refractivity contribution is 5.90. The second kappa shape index (κ2) is 7.31. The van der Waals surface area contributed by atoms with Crippen molar-refractivity contribution in [2.45, 2.75) is 12.5 Å². The summed E-state index contributed by atoms with van der Waals surface area (Å²) in [4.78, 5) is 4.47. The SMILES string of the molecule is COc1ccc([C@@H]2c3c(ncn(CCO)c3=N)Oc3ccc4ccccc4c32)cc1. The topological polar surface area (TPSA) is 80.4 Å². The molecule has 6 nitrogen and oxygen atoms in total. The summed E-state index contributed by atoms with van der Waals surface area (Å²) in [6.45, 7) is 0.238. The van der Waals surface area contributed by atoms with Crippen LogP contribution in [0.3, 0.4) is 0 Å². The molecular weight excluding hydrogens is 378 g/mol. The number of hydrogen-bond acceptors (Lipinski definition) is 5. The van der Waals surface area contributed by atoms with Gasteiger partial charge in [-0.3, -0.25) is 5.41 Å². The molecule has 6 heteroatoms. The van der Waals surface area contributed by atoms with Crippen LogP contribution in [0.25, 0.3) is 10.8 Å². The maximum absolute atomic E-state index is 9.41. The van der Waals surface area contributed by atoms with Crippen LogP contribution >= 0.6 is 0 Å². The first-order valence-corrected chi connectivity index (χ1v) is 9.79. The van der Waals surface area contributed by atoms with Gasteiger partial charge in [-0.1, -0.05) is 42.5 Å². The maximum Gasteiger partial charge on any atom is 0.228 e. The molecule has 1 atom stereocenters. The Morgan fingerprint density at radius 1 is 1.07 bits per heavy atom. The van der Waals surface area contributed by atoms with Crippen LogP contribution in [0.15, 0.2) is 67.0 Å². The van der Waals surface area contributed by atoms with Gasteiger partial charge in [-0.05, 0) is 34.5 Å². The fraction of sp³-hybridized carbons (Fsp3) is 0.167. The molecule has 0 saturated carbocycles. The summed E-state index contributed by atoms with van der Waals surface area (Å²) in [5.41, 5.74) is 3.02. The lowest BCUT2D eigenvalue weighted by atomic mass is 9.81. The van der Waals surface area contributed by atoms with E-state index in [2.05, 4.69) is 17.1 Å². The van der Waals surface area contributed by atoms with Crippen molar-refractivity contribution in [1.82, 2.24) is 9.55 Å². The molecule has 0 saturated heterocycles. The molecule has 0 fully saturated rings. The van der Waals surface area contributed by atoms with E-state index in [9.17, 15) is 5.11 Å². The van der Waals surface area contributed by atoms with Gasteiger partial charge in [0.2, 0.25) is 5.88 Å². The van der Waals surface area contributed by atoms with Crippen LogP contribution in [-0.4, -0.2) is 28.4 Å². The number of aromatic nitrogens is 2. The minimum Gasteiger partial charge on any atom is -0.497 e. The fourth-order valence-electron chi connectivity index (χ4n) is 4.16. The van der Waals surface area contributed by atoms with E-state index >= 15 is 0 Å². The minimum atomic E-state index is -0.230. The molecule has 150 valence electrons. The lowest BCUT2D eigenvalue weighted by molar-refractivity contribution is 0.271. The Morgan fingerprint density at radius 3 is 2.63 bits per heavy atom.